The Balaban J connectivity index is 1.46. The van der Waals surface area contributed by atoms with Gasteiger partial charge in [0.2, 0.25) is 0 Å². The van der Waals surface area contributed by atoms with Crippen LogP contribution in [0.25, 0.3) is 10.8 Å². The van der Waals surface area contributed by atoms with Crippen molar-refractivity contribution in [2.75, 3.05) is 6.61 Å². The molecule has 2 aromatic carbocycles. The molecule has 4 heteroatoms. The van der Waals surface area contributed by atoms with Gasteiger partial charge in [0.25, 0.3) is 0 Å². The number of hydrogen-bond donors (Lipinski definition) is 0. The first-order chi connectivity index (χ1) is 13.9. The van der Waals surface area contributed by atoms with Crippen LogP contribution < -0.4 is 0 Å². The molecule has 2 aliphatic rings. The first-order valence-electron chi connectivity index (χ1n) is 10.3. The highest BCUT2D eigenvalue weighted by atomic mass is 19.4. The Morgan fingerprint density at radius 3 is 2.48 bits per heavy atom. The van der Waals surface area contributed by atoms with Crippen molar-refractivity contribution in [2.24, 2.45) is 5.92 Å². The van der Waals surface area contributed by atoms with E-state index >= 15 is 0 Å². The van der Waals surface area contributed by atoms with Gasteiger partial charge in [-0.1, -0.05) is 43.2 Å². The predicted octanol–water partition coefficient (Wildman–Crippen LogP) is 6.76. The van der Waals surface area contributed by atoms with Crippen LogP contribution in [0.1, 0.15) is 56.1 Å². The summed E-state index contributed by atoms with van der Waals surface area (Å²) in [5, 5.41) is 1.96. The van der Waals surface area contributed by atoms with Crippen molar-refractivity contribution in [3.05, 3.63) is 59.2 Å². The van der Waals surface area contributed by atoms with Crippen LogP contribution >= 0.6 is 0 Å². The summed E-state index contributed by atoms with van der Waals surface area (Å²) < 4.78 is 42.9. The van der Waals surface area contributed by atoms with Crippen LogP contribution in [-0.2, 0) is 4.74 Å². The van der Waals surface area contributed by atoms with E-state index in [4.69, 9.17) is 4.74 Å². The van der Waals surface area contributed by atoms with Crippen LogP contribution in [0.2, 0.25) is 0 Å². The maximum absolute atomic E-state index is 12.3. The van der Waals surface area contributed by atoms with Crippen LogP contribution in [-0.4, -0.2) is 18.9 Å². The summed E-state index contributed by atoms with van der Waals surface area (Å²) in [6, 6.07) is 11.5. The van der Waals surface area contributed by atoms with Crippen LogP contribution in [0.15, 0.2) is 48.0 Å². The number of allylic oxidation sites excluding steroid dienone is 1. The molecule has 3 atom stereocenters. The van der Waals surface area contributed by atoms with E-state index in [1.54, 1.807) is 12.1 Å². The number of alkyl halides is 3. The van der Waals surface area contributed by atoms with E-state index in [1.165, 1.54) is 23.5 Å². The summed E-state index contributed by atoms with van der Waals surface area (Å²) in [5.41, 5.74) is 3.14. The molecule has 1 fully saturated rings. The first-order valence-corrected chi connectivity index (χ1v) is 10.3. The number of ether oxygens (including phenoxy) is 1. The van der Waals surface area contributed by atoms with Crippen LogP contribution in [0, 0.1) is 17.8 Å². The lowest BCUT2D eigenvalue weighted by Gasteiger charge is -2.32. The van der Waals surface area contributed by atoms with Crippen molar-refractivity contribution in [2.45, 2.75) is 57.2 Å². The molecule has 0 N–H and O–H groups in total. The molecule has 0 saturated carbocycles. The summed E-state index contributed by atoms with van der Waals surface area (Å²) in [6.07, 6.45) is 3.79. The van der Waals surface area contributed by atoms with E-state index in [-0.39, 0.29) is 0 Å². The van der Waals surface area contributed by atoms with E-state index in [1.807, 2.05) is 12.1 Å². The Labute approximate surface area is 169 Å². The Kier molecular flexibility index (Phi) is 5.69. The number of halogens is 3. The van der Waals surface area contributed by atoms with Gasteiger partial charge in [-0.05, 0) is 78.0 Å². The topological polar surface area (TPSA) is 9.23 Å². The maximum Gasteiger partial charge on any atom is 0.458 e. The van der Waals surface area contributed by atoms with Crippen molar-refractivity contribution in [3.8, 4) is 11.8 Å². The lowest BCUT2D eigenvalue weighted by atomic mass is 9.81. The van der Waals surface area contributed by atoms with Gasteiger partial charge in [0.05, 0.1) is 6.10 Å². The van der Waals surface area contributed by atoms with Gasteiger partial charge in [0.15, 0.2) is 0 Å². The zero-order chi connectivity index (χ0) is 20.4. The molecule has 1 saturated heterocycles. The van der Waals surface area contributed by atoms with E-state index in [2.05, 4.69) is 31.1 Å². The molecule has 0 bridgehead atoms. The average Bonchev–Trinajstić information content (AvgIpc) is 2.72. The number of hydrogen-bond acceptors (Lipinski definition) is 1. The van der Waals surface area contributed by atoms with Gasteiger partial charge in [0, 0.05) is 18.1 Å². The smallest absolute Gasteiger partial charge is 0.374 e. The average molecular weight is 398 g/mol. The SMILES string of the molecule is CC1CCC(C2=CCC(c3ccc4cc(C#CC(F)(F)F)ccc4c3)CC2)OC1. The number of rotatable bonds is 2. The highest BCUT2D eigenvalue weighted by molar-refractivity contribution is 5.84. The zero-order valence-electron chi connectivity index (χ0n) is 16.6. The van der Waals surface area contributed by atoms with Gasteiger partial charge < -0.3 is 4.74 Å². The minimum atomic E-state index is -4.47. The fourth-order valence-corrected chi connectivity index (χ4v) is 4.36. The van der Waals surface area contributed by atoms with E-state index < -0.39 is 6.18 Å². The molecule has 1 nitrogen and oxygen atoms in total. The maximum atomic E-state index is 12.3. The van der Waals surface area contributed by atoms with Gasteiger partial charge in [-0.3, -0.25) is 0 Å². The van der Waals surface area contributed by atoms with Gasteiger partial charge in [-0.25, -0.2) is 0 Å². The highest BCUT2D eigenvalue weighted by Crippen LogP contribution is 2.37. The second-order valence-corrected chi connectivity index (χ2v) is 8.32. The molecule has 152 valence electrons. The lowest BCUT2D eigenvalue weighted by Crippen LogP contribution is -2.27. The molecule has 0 amide bonds. The molecule has 0 aromatic heterocycles. The Bertz CT molecular complexity index is 969. The molecule has 0 radical (unpaired) electrons. The Morgan fingerprint density at radius 1 is 1.00 bits per heavy atom. The molecule has 0 spiro atoms. The third-order valence-electron chi connectivity index (χ3n) is 6.05. The van der Waals surface area contributed by atoms with Crippen molar-refractivity contribution in [1.29, 1.82) is 0 Å². The second kappa shape index (κ2) is 8.24. The Hall–Kier alpha value is -2.25. The third-order valence-corrected chi connectivity index (χ3v) is 6.05. The monoisotopic (exact) mass is 398 g/mol. The van der Waals surface area contributed by atoms with E-state index in [0.29, 0.717) is 23.5 Å². The minimum absolute atomic E-state index is 0.306. The van der Waals surface area contributed by atoms with E-state index in [0.717, 1.165) is 43.1 Å². The summed E-state index contributed by atoms with van der Waals surface area (Å²) in [5.74, 6) is 4.68. The second-order valence-electron chi connectivity index (χ2n) is 8.32. The van der Waals surface area contributed by atoms with Crippen molar-refractivity contribution < 1.29 is 17.9 Å². The molecule has 3 unspecified atom stereocenters. The van der Waals surface area contributed by atoms with Crippen LogP contribution in [0.5, 0.6) is 0 Å². The molecule has 29 heavy (non-hydrogen) atoms. The number of benzene rings is 2. The normalized spacial score (nSPS) is 25.2. The standard InChI is InChI=1S/C25H25F3O/c1-17-2-11-24(29-16-17)20-7-5-19(6-8-20)22-10-9-21-14-18(3-4-23(21)15-22)12-13-25(26,27)28/h3-4,7,9-10,14-15,17,19,24H,2,5-6,8,11,16H2,1H3. The highest BCUT2D eigenvalue weighted by Gasteiger charge is 2.26. The lowest BCUT2D eigenvalue weighted by molar-refractivity contribution is -0.0696. The van der Waals surface area contributed by atoms with Crippen molar-refractivity contribution in [1.82, 2.24) is 0 Å². The van der Waals surface area contributed by atoms with Gasteiger partial charge >= 0.3 is 6.18 Å². The molecular formula is C25H25F3O. The van der Waals surface area contributed by atoms with E-state index in [9.17, 15) is 13.2 Å². The van der Waals surface area contributed by atoms with Crippen LogP contribution in [0.4, 0.5) is 13.2 Å². The molecule has 4 rings (SSSR count). The van der Waals surface area contributed by atoms with Gasteiger partial charge in [-0.2, -0.15) is 13.2 Å². The molecule has 2 aromatic rings. The zero-order valence-corrected chi connectivity index (χ0v) is 16.6. The fourth-order valence-electron chi connectivity index (χ4n) is 4.36. The summed E-state index contributed by atoms with van der Waals surface area (Å²) in [6.45, 7) is 3.11. The molecular weight excluding hydrogens is 373 g/mol. The van der Waals surface area contributed by atoms with Gasteiger partial charge in [0.1, 0.15) is 0 Å². The first kappa shape index (κ1) is 20.0. The van der Waals surface area contributed by atoms with Crippen LogP contribution in [0.3, 0.4) is 0 Å². The quantitative estimate of drug-likeness (QED) is 0.401. The summed E-state index contributed by atoms with van der Waals surface area (Å²) in [7, 11) is 0. The largest absolute Gasteiger partial charge is 0.458 e. The Morgan fingerprint density at radius 2 is 1.79 bits per heavy atom. The van der Waals surface area contributed by atoms with Crippen molar-refractivity contribution >= 4 is 10.8 Å². The van der Waals surface area contributed by atoms with Gasteiger partial charge in [-0.15, -0.1) is 0 Å². The number of fused-ring (bicyclic) bond motifs is 1. The minimum Gasteiger partial charge on any atom is -0.374 e. The molecule has 1 aliphatic heterocycles. The summed E-state index contributed by atoms with van der Waals surface area (Å²) in [4.78, 5) is 0. The molecule has 1 heterocycles. The predicted molar refractivity (Wildman–Crippen MR) is 110 cm³/mol. The summed E-state index contributed by atoms with van der Waals surface area (Å²) >= 11 is 0. The molecule has 1 aliphatic carbocycles. The third kappa shape index (κ3) is 5.03. The van der Waals surface area contributed by atoms with Crippen molar-refractivity contribution in [3.63, 3.8) is 0 Å². The fraction of sp³-hybridized carbons (Fsp3) is 0.440.